The van der Waals surface area contributed by atoms with Gasteiger partial charge in [-0.25, -0.2) is 0 Å². The Balaban J connectivity index is 1.66. The Labute approximate surface area is 196 Å². The third kappa shape index (κ3) is 3.67. The number of hydrogen-bond acceptors (Lipinski definition) is 6. The highest BCUT2D eigenvalue weighted by molar-refractivity contribution is 6.06. The Morgan fingerprint density at radius 1 is 1.15 bits per heavy atom. The summed E-state index contributed by atoms with van der Waals surface area (Å²) in [4.78, 5) is 39.4. The number of ketones is 1. The summed E-state index contributed by atoms with van der Waals surface area (Å²) in [6.07, 6.45) is 2.46. The number of carbonyl (C=O) groups excluding carboxylic acids is 2. The Hall–Kier alpha value is -4.20. The van der Waals surface area contributed by atoms with Crippen molar-refractivity contribution in [2.24, 2.45) is 0 Å². The molecule has 0 bridgehead atoms. The summed E-state index contributed by atoms with van der Waals surface area (Å²) < 4.78 is 5.74. The van der Waals surface area contributed by atoms with Crippen molar-refractivity contribution >= 4 is 28.8 Å². The van der Waals surface area contributed by atoms with E-state index in [-0.39, 0.29) is 36.1 Å². The number of Topliss-reactive ketones (excluding diaryl/α,β-unsaturated/α-hetero) is 1. The number of furan rings is 1. The van der Waals surface area contributed by atoms with Gasteiger partial charge in [-0.15, -0.1) is 0 Å². The van der Waals surface area contributed by atoms with Gasteiger partial charge in [-0.2, -0.15) is 0 Å². The minimum Gasteiger partial charge on any atom is -0.467 e. The molecule has 3 aromatic rings. The number of anilines is 2. The SMILES string of the molecule is CCC(=O)N1c2ccccc2NC2=C(C(=O)CC(c3cccc([N+](=O)[O-])c3)C2)C1c1ccco1. The lowest BCUT2D eigenvalue weighted by Gasteiger charge is -2.33. The van der Waals surface area contributed by atoms with Crippen LogP contribution in [0.1, 0.15) is 49.5 Å². The molecule has 2 heterocycles. The molecule has 0 saturated carbocycles. The number of benzene rings is 2. The first-order chi connectivity index (χ1) is 16.5. The number of carbonyl (C=O) groups is 2. The van der Waals surface area contributed by atoms with Crippen molar-refractivity contribution in [3.63, 3.8) is 0 Å². The summed E-state index contributed by atoms with van der Waals surface area (Å²) in [6.45, 7) is 1.79. The highest BCUT2D eigenvalue weighted by atomic mass is 16.6. The zero-order chi connectivity index (χ0) is 23.8. The molecule has 1 aliphatic carbocycles. The molecule has 8 heteroatoms. The van der Waals surface area contributed by atoms with Crippen molar-refractivity contribution in [3.05, 3.63) is 99.6 Å². The van der Waals surface area contributed by atoms with E-state index >= 15 is 0 Å². The van der Waals surface area contributed by atoms with Crippen LogP contribution in [-0.2, 0) is 9.59 Å². The molecule has 2 aromatic carbocycles. The van der Waals surface area contributed by atoms with Crippen molar-refractivity contribution in [2.45, 2.75) is 38.1 Å². The second-order valence-electron chi connectivity index (χ2n) is 8.45. The summed E-state index contributed by atoms with van der Waals surface area (Å²) in [7, 11) is 0. The second kappa shape index (κ2) is 8.62. The average molecular weight is 457 g/mol. The summed E-state index contributed by atoms with van der Waals surface area (Å²) >= 11 is 0. The van der Waals surface area contributed by atoms with E-state index in [4.69, 9.17) is 4.42 Å². The van der Waals surface area contributed by atoms with Crippen LogP contribution in [0.4, 0.5) is 17.1 Å². The van der Waals surface area contributed by atoms with Gasteiger partial charge < -0.3 is 9.73 Å². The standard InChI is InChI=1S/C26H23N3O5/c1-2-24(31)28-21-10-4-3-9-19(21)27-20-14-17(16-7-5-8-18(13-16)29(32)33)15-22(30)25(20)26(28)23-11-6-12-34-23/h3-13,17,26-27H,2,14-15H2,1H3. The molecule has 0 saturated heterocycles. The minimum atomic E-state index is -0.702. The number of para-hydroxylation sites is 2. The van der Waals surface area contributed by atoms with E-state index in [9.17, 15) is 19.7 Å². The van der Waals surface area contributed by atoms with Gasteiger partial charge in [0.05, 0.1) is 22.6 Å². The molecule has 172 valence electrons. The van der Waals surface area contributed by atoms with Crippen molar-refractivity contribution in [2.75, 3.05) is 10.2 Å². The molecule has 2 atom stereocenters. The number of nitro groups is 1. The van der Waals surface area contributed by atoms with Gasteiger partial charge in [0.25, 0.3) is 5.69 Å². The van der Waals surface area contributed by atoms with Gasteiger partial charge in [0.1, 0.15) is 11.8 Å². The number of nitrogens with zero attached hydrogens (tertiary/aromatic N) is 2. The molecule has 1 aromatic heterocycles. The van der Waals surface area contributed by atoms with Gasteiger partial charge in [0.2, 0.25) is 5.91 Å². The van der Waals surface area contributed by atoms with Crippen LogP contribution in [0.25, 0.3) is 0 Å². The smallest absolute Gasteiger partial charge is 0.269 e. The molecule has 2 aliphatic rings. The summed E-state index contributed by atoms with van der Waals surface area (Å²) in [5, 5.41) is 14.7. The number of allylic oxidation sites excluding steroid dienone is 1. The molecule has 1 amide bonds. The second-order valence-corrected chi connectivity index (χ2v) is 8.45. The topological polar surface area (TPSA) is 106 Å². The summed E-state index contributed by atoms with van der Waals surface area (Å²) in [5.41, 5.74) is 3.33. The molecule has 0 spiro atoms. The maximum atomic E-state index is 13.7. The average Bonchev–Trinajstić information content (AvgIpc) is 3.33. The normalized spacial score (nSPS) is 19.7. The molecular weight excluding hydrogens is 434 g/mol. The highest BCUT2D eigenvalue weighted by Gasteiger charge is 2.42. The van der Waals surface area contributed by atoms with Crippen LogP contribution in [0.3, 0.4) is 0 Å². The van der Waals surface area contributed by atoms with Crippen LogP contribution in [0.15, 0.2) is 82.6 Å². The Kier molecular flexibility index (Phi) is 5.49. The van der Waals surface area contributed by atoms with Crippen LogP contribution < -0.4 is 10.2 Å². The van der Waals surface area contributed by atoms with Crippen molar-refractivity contribution < 1.29 is 18.9 Å². The first-order valence-electron chi connectivity index (χ1n) is 11.2. The lowest BCUT2D eigenvalue weighted by molar-refractivity contribution is -0.384. The van der Waals surface area contributed by atoms with E-state index in [0.717, 1.165) is 11.3 Å². The molecule has 0 radical (unpaired) electrons. The molecule has 1 N–H and O–H groups in total. The molecule has 34 heavy (non-hydrogen) atoms. The maximum absolute atomic E-state index is 13.7. The van der Waals surface area contributed by atoms with Crippen molar-refractivity contribution in [1.82, 2.24) is 0 Å². The van der Waals surface area contributed by atoms with Crippen molar-refractivity contribution in [3.8, 4) is 0 Å². The van der Waals surface area contributed by atoms with Crippen LogP contribution in [0, 0.1) is 10.1 Å². The fourth-order valence-electron chi connectivity index (χ4n) is 4.88. The summed E-state index contributed by atoms with van der Waals surface area (Å²) in [5.74, 6) is 0.0396. The third-order valence-corrected chi connectivity index (χ3v) is 6.42. The van der Waals surface area contributed by atoms with Crippen LogP contribution in [-0.4, -0.2) is 16.6 Å². The van der Waals surface area contributed by atoms with E-state index in [1.165, 1.54) is 18.4 Å². The van der Waals surface area contributed by atoms with E-state index in [2.05, 4.69) is 5.32 Å². The van der Waals surface area contributed by atoms with Crippen LogP contribution in [0.2, 0.25) is 0 Å². The first kappa shape index (κ1) is 21.6. The number of hydrogen-bond donors (Lipinski definition) is 1. The lowest BCUT2D eigenvalue weighted by Crippen LogP contribution is -2.38. The Morgan fingerprint density at radius 2 is 1.97 bits per heavy atom. The van der Waals surface area contributed by atoms with Gasteiger partial charge in [0.15, 0.2) is 5.78 Å². The first-order valence-corrected chi connectivity index (χ1v) is 11.2. The van der Waals surface area contributed by atoms with Gasteiger partial charge in [-0.3, -0.25) is 24.6 Å². The van der Waals surface area contributed by atoms with Gasteiger partial charge in [-0.1, -0.05) is 31.2 Å². The molecule has 2 unspecified atom stereocenters. The molecular formula is C26H23N3O5. The quantitative estimate of drug-likeness (QED) is 0.410. The fraction of sp³-hybridized carbons (Fsp3) is 0.231. The predicted molar refractivity (Wildman–Crippen MR) is 126 cm³/mol. The zero-order valence-corrected chi connectivity index (χ0v) is 18.6. The molecule has 5 rings (SSSR count). The fourth-order valence-corrected chi connectivity index (χ4v) is 4.88. The third-order valence-electron chi connectivity index (χ3n) is 6.42. The van der Waals surface area contributed by atoms with E-state index in [1.54, 1.807) is 30.0 Å². The monoisotopic (exact) mass is 457 g/mol. The minimum absolute atomic E-state index is 0.00271. The number of rotatable bonds is 4. The zero-order valence-electron chi connectivity index (χ0n) is 18.6. The number of fused-ring (bicyclic) bond motifs is 1. The van der Waals surface area contributed by atoms with E-state index in [1.807, 2.05) is 30.3 Å². The van der Waals surface area contributed by atoms with E-state index < -0.39 is 11.0 Å². The number of nitro benzene ring substituents is 1. The van der Waals surface area contributed by atoms with Crippen LogP contribution >= 0.6 is 0 Å². The Bertz CT molecular complexity index is 1310. The molecule has 0 fully saturated rings. The molecule has 1 aliphatic heterocycles. The number of nitrogens with one attached hydrogen (secondary N) is 1. The maximum Gasteiger partial charge on any atom is 0.269 e. The van der Waals surface area contributed by atoms with Gasteiger partial charge in [-0.05, 0) is 42.2 Å². The van der Waals surface area contributed by atoms with Gasteiger partial charge >= 0.3 is 0 Å². The highest BCUT2D eigenvalue weighted by Crippen LogP contribution is 2.47. The number of amides is 1. The van der Waals surface area contributed by atoms with Crippen molar-refractivity contribution in [1.29, 1.82) is 0 Å². The lowest BCUT2D eigenvalue weighted by atomic mass is 9.79. The predicted octanol–water partition coefficient (Wildman–Crippen LogP) is 5.50. The number of non-ortho nitro benzene ring substituents is 1. The summed E-state index contributed by atoms with van der Waals surface area (Å²) in [6, 6.07) is 16.7. The van der Waals surface area contributed by atoms with Gasteiger partial charge in [0, 0.05) is 36.2 Å². The molecule has 8 nitrogen and oxygen atoms in total. The largest absolute Gasteiger partial charge is 0.467 e. The van der Waals surface area contributed by atoms with E-state index in [0.29, 0.717) is 29.1 Å². The van der Waals surface area contributed by atoms with Crippen LogP contribution in [0.5, 0.6) is 0 Å². The Morgan fingerprint density at radius 3 is 2.71 bits per heavy atom.